The Kier molecular flexibility index (Phi) is 5.32. The molecule has 2 unspecified atom stereocenters. The Labute approximate surface area is 114 Å². The average molecular weight is 266 g/mol. The van der Waals surface area contributed by atoms with Crippen LogP contribution in [0, 0.1) is 6.92 Å². The van der Waals surface area contributed by atoms with Crippen LogP contribution in [0.1, 0.15) is 23.6 Å². The molecule has 0 aromatic heterocycles. The molecule has 2 atom stereocenters. The van der Waals surface area contributed by atoms with Crippen LogP contribution in [0.25, 0.3) is 0 Å². The van der Waals surface area contributed by atoms with E-state index in [0.29, 0.717) is 0 Å². The van der Waals surface area contributed by atoms with Crippen LogP contribution in [-0.4, -0.2) is 43.2 Å². The summed E-state index contributed by atoms with van der Waals surface area (Å²) >= 11 is 0. The standard InChI is InChI=1S/C14H22N2O3/c1-9-7-10(5-6-12(9)19-4)14(16(2)3)11(15)8-13(17)18/h5-7,11,14H,8,15H2,1-4H3,(H,17,18). The van der Waals surface area contributed by atoms with Gasteiger partial charge >= 0.3 is 5.97 Å². The summed E-state index contributed by atoms with van der Waals surface area (Å²) in [5.74, 6) is -0.0716. The Bertz CT molecular complexity index is 446. The molecule has 1 aromatic carbocycles. The Morgan fingerprint density at radius 3 is 2.53 bits per heavy atom. The molecule has 0 heterocycles. The number of nitrogens with zero attached hydrogens (tertiary/aromatic N) is 1. The van der Waals surface area contributed by atoms with Gasteiger partial charge in [-0.25, -0.2) is 0 Å². The molecule has 0 fully saturated rings. The number of benzene rings is 1. The van der Waals surface area contributed by atoms with E-state index < -0.39 is 12.0 Å². The number of methoxy groups -OCH3 is 1. The predicted octanol–water partition coefficient (Wildman–Crippen LogP) is 1.41. The van der Waals surface area contributed by atoms with Crippen LogP contribution >= 0.6 is 0 Å². The molecule has 19 heavy (non-hydrogen) atoms. The van der Waals surface area contributed by atoms with Crippen LogP contribution in [0.5, 0.6) is 5.75 Å². The maximum Gasteiger partial charge on any atom is 0.304 e. The van der Waals surface area contributed by atoms with E-state index in [-0.39, 0.29) is 12.5 Å². The number of hydrogen-bond acceptors (Lipinski definition) is 4. The van der Waals surface area contributed by atoms with E-state index in [4.69, 9.17) is 15.6 Å². The van der Waals surface area contributed by atoms with Gasteiger partial charge in [0, 0.05) is 12.1 Å². The number of likely N-dealkylation sites (N-methyl/N-ethyl adjacent to an activating group) is 1. The molecule has 0 aliphatic rings. The number of ether oxygens (including phenoxy) is 1. The number of rotatable bonds is 6. The number of hydrogen-bond donors (Lipinski definition) is 2. The summed E-state index contributed by atoms with van der Waals surface area (Å²) in [5.41, 5.74) is 8.02. The highest BCUT2D eigenvalue weighted by Gasteiger charge is 2.24. The van der Waals surface area contributed by atoms with Gasteiger partial charge in [0.2, 0.25) is 0 Å². The first-order valence-corrected chi connectivity index (χ1v) is 6.15. The fraction of sp³-hybridized carbons (Fsp3) is 0.500. The third-order valence-electron chi connectivity index (χ3n) is 3.13. The van der Waals surface area contributed by atoms with Crippen LogP contribution in [0.3, 0.4) is 0 Å². The molecular weight excluding hydrogens is 244 g/mol. The number of aliphatic carboxylic acids is 1. The van der Waals surface area contributed by atoms with Gasteiger partial charge in [-0.05, 0) is 38.2 Å². The highest BCUT2D eigenvalue weighted by molar-refractivity contribution is 5.67. The minimum absolute atomic E-state index is 0.0616. The zero-order chi connectivity index (χ0) is 14.6. The quantitative estimate of drug-likeness (QED) is 0.814. The molecule has 0 saturated carbocycles. The summed E-state index contributed by atoms with van der Waals surface area (Å²) in [5, 5.41) is 8.88. The summed E-state index contributed by atoms with van der Waals surface area (Å²) in [6, 6.07) is 5.21. The highest BCUT2D eigenvalue weighted by atomic mass is 16.5. The van der Waals surface area contributed by atoms with Crippen molar-refractivity contribution < 1.29 is 14.6 Å². The number of carbonyl (C=O) groups is 1. The number of nitrogens with two attached hydrogens (primary N) is 1. The first-order valence-electron chi connectivity index (χ1n) is 6.15. The molecule has 0 bridgehead atoms. The SMILES string of the molecule is COc1ccc(C(C(N)CC(=O)O)N(C)C)cc1C. The molecule has 5 nitrogen and oxygen atoms in total. The van der Waals surface area contributed by atoms with Gasteiger partial charge in [0.15, 0.2) is 0 Å². The molecule has 0 spiro atoms. The second-order valence-corrected chi connectivity index (χ2v) is 4.90. The topological polar surface area (TPSA) is 75.8 Å². The van der Waals surface area contributed by atoms with Crippen molar-refractivity contribution in [3.63, 3.8) is 0 Å². The summed E-state index contributed by atoms with van der Waals surface area (Å²) in [7, 11) is 5.42. The fourth-order valence-electron chi connectivity index (χ4n) is 2.33. The van der Waals surface area contributed by atoms with Gasteiger partial charge in [-0.15, -0.1) is 0 Å². The first-order chi connectivity index (χ1) is 8.86. The number of carboxylic acid groups (broad SMARTS) is 1. The highest BCUT2D eigenvalue weighted by Crippen LogP contribution is 2.27. The molecule has 1 aromatic rings. The average Bonchev–Trinajstić information content (AvgIpc) is 2.27. The number of carboxylic acids is 1. The molecule has 0 aliphatic carbocycles. The molecular formula is C14H22N2O3. The van der Waals surface area contributed by atoms with Gasteiger partial charge in [-0.3, -0.25) is 4.79 Å². The lowest BCUT2D eigenvalue weighted by Crippen LogP contribution is -2.38. The normalized spacial score (nSPS) is 14.2. The second-order valence-electron chi connectivity index (χ2n) is 4.90. The van der Waals surface area contributed by atoms with Gasteiger partial charge in [-0.2, -0.15) is 0 Å². The minimum atomic E-state index is -0.885. The third-order valence-corrected chi connectivity index (χ3v) is 3.13. The largest absolute Gasteiger partial charge is 0.496 e. The molecule has 5 heteroatoms. The molecule has 0 saturated heterocycles. The van der Waals surface area contributed by atoms with Crippen LogP contribution in [0.15, 0.2) is 18.2 Å². The Hall–Kier alpha value is -1.59. The van der Waals surface area contributed by atoms with Gasteiger partial charge < -0.3 is 20.5 Å². The monoisotopic (exact) mass is 266 g/mol. The summed E-state index contributed by atoms with van der Waals surface area (Å²) in [6.07, 6.45) is -0.0616. The molecule has 3 N–H and O–H groups in total. The van der Waals surface area contributed by atoms with Crippen LogP contribution in [0.4, 0.5) is 0 Å². The minimum Gasteiger partial charge on any atom is -0.496 e. The second kappa shape index (κ2) is 6.54. The molecule has 0 aliphatic heterocycles. The van der Waals surface area contributed by atoms with E-state index in [2.05, 4.69) is 0 Å². The van der Waals surface area contributed by atoms with Gasteiger partial charge in [-0.1, -0.05) is 12.1 Å². The van der Waals surface area contributed by atoms with Gasteiger partial charge in [0.25, 0.3) is 0 Å². The Morgan fingerprint density at radius 2 is 2.11 bits per heavy atom. The third kappa shape index (κ3) is 3.94. The Balaban J connectivity index is 3.05. The van der Waals surface area contributed by atoms with E-state index >= 15 is 0 Å². The van der Waals surface area contributed by atoms with Crippen molar-refractivity contribution >= 4 is 5.97 Å². The van der Waals surface area contributed by atoms with E-state index in [0.717, 1.165) is 16.9 Å². The van der Waals surface area contributed by atoms with Crippen molar-refractivity contribution in [2.45, 2.75) is 25.4 Å². The van der Waals surface area contributed by atoms with E-state index in [1.807, 2.05) is 44.1 Å². The van der Waals surface area contributed by atoms with Gasteiger partial charge in [0.05, 0.1) is 13.5 Å². The maximum absolute atomic E-state index is 10.8. The summed E-state index contributed by atoms with van der Waals surface area (Å²) < 4.78 is 5.23. The molecule has 0 radical (unpaired) electrons. The van der Waals surface area contributed by atoms with Crippen LogP contribution in [0.2, 0.25) is 0 Å². The maximum atomic E-state index is 10.8. The van der Waals surface area contributed by atoms with Crippen molar-refractivity contribution in [2.75, 3.05) is 21.2 Å². The van der Waals surface area contributed by atoms with Crippen molar-refractivity contribution in [1.82, 2.24) is 4.90 Å². The zero-order valence-corrected chi connectivity index (χ0v) is 11.9. The van der Waals surface area contributed by atoms with Crippen molar-refractivity contribution in [3.8, 4) is 5.75 Å². The zero-order valence-electron chi connectivity index (χ0n) is 11.9. The smallest absolute Gasteiger partial charge is 0.304 e. The first kappa shape index (κ1) is 15.5. The van der Waals surface area contributed by atoms with E-state index in [1.54, 1.807) is 7.11 Å². The van der Waals surface area contributed by atoms with E-state index in [9.17, 15) is 4.79 Å². The summed E-state index contributed by atoms with van der Waals surface area (Å²) in [6.45, 7) is 1.96. The molecule has 1 rings (SSSR count). The van der Waals surface area contributed by atoms with Gasteiger partial charge in [0.1, 0.15) is 5.75 Å². The lowest BCUT2D eigenvalue weighted by atomic mass is 9.95. The lowest BCUT2D eigenvalue weighted by Gasteiger charge is -2.30. The van der Waals surface area contributed by atoms with E-state index in [1.165, 1.54) is 0 Å². The molecule has 0 amide bonds. The lowest BCUT2D eigenvalue weighted by molar-refractivity contribution is -0.137. The summed E-state index contributed by atoms with van der Waals surface area (Å²) in [4.78, 5) is 12.8. The van der Waals surface area contributed by atoms with Crippen LogP contribution < -0.4 is 10.5 Å². The van der Waals surface area contributed by atoms with Crippen molar-refractivity contribution in [2.24, 2.45) is 5.73 Å². The van der Waals surface area contributed by atoms with Crippen LogP contribution in [-0.2, 0) is 4.79 Å². The Morgan fingerprint density at radius 1 is 1.47 bits per heavy atom. The fourth-order valence-corrected chi connectivity index (χ4v) is 2.33. The predicted molar refractivity (Wildman–Crippen MR) is 74.4 cm³/mol. The number of aryl methyl sites for hydroxylation is 1. The van der Waals surface area contributed by atoms with Crippen molar-refractivity contribution in [1.29, 1.82) is 0 Å². The molecule has 106 valence electrons. The van der Waals surface area contributed by atoms with Crippen molar-refractivity contribution in [3.05, 3.63) is 29.3 Å².